The predicted molar refractivity (Wildman–Crippen MR) is 119 cm³/mol. The Morgan fingerprint density at radius 3 is 2.35 bits per heavy atom. The Labute approximate surface area is 185 Å². The molecule has 1 fully saturated rings. The Morgan fingerprint density at radius 1 is 1.16 bits per heavy atom. The van der Waals surface area contributed by atoms with E-state index >= 15 is 0 Å². The van der Waals surface area contributed by atoms with E-state index in [4.69, 9.17) is 21.1 Å². The van der Waals surface area contributed by atoms with Gasteiger partial charge in [-0.1, -0.05) is 11.6 Å². The molecular weight excluding hydrogens is 420 g/mol. The largest absolute Gasteiger partial charge is 0.497 e. The topological polar surface area (TPSA) is 89.8 Å². The van der Waals surface area contributed by atoms with E-state index in [-0.39, 0.29) is 12.3 Å². The first-order chi connectivity index (χ1) is 14.9. The average molecular weight is 445 g/mol. The molecule has 7 nitrogen and oxygen atoms in total. The van der Waals surface area contributed by atoms with Crippen LogP contribution in [0.1, 0.15) is 21.6 Å². The van der Waals surface area contributed by atoms with E-state index in [0.717, 1.165) is 26.3 Å². The minimum atomic E-state index is -0.955. The zero-order chi connectivity index (χ0) is 22.4. The van der Waals surface area contributed by atoms with Crippen molar-refractivity contribution in [3.63, 3.8) is 0 Å². The first-order valence-corrected chi connectivity index (χ1v) is 10.3. The van der Waals surface area contributed by atoms with Gasteiger partial charge in [0.2, 0.25) is 0 Å². The summed E-state index contributed by atoms with van der Waals surface area (Å²) in [6.45, 7) is 5.58. The number of methoxy groups -OCH3 is 1. The average Bonchev–Trinajstić information content (AvgIpc) is 3.05. The smallest absolute Gasteiger partial charge is 0.307 e. The number of halogens is 1. The fourth-order valence-electron chi connectivity index (χ4n) is 3.46. The Hall–Kier alpha value is -2.87. The van der Waals surface area contributed by atoms with E-state index < -0.39 is 5.97 Å². The number of hydrogen-bond acceptors (Lipinski definition) is 5. The van der Waals surface area contributed by atoms with Crippen molar-refractivity contribution in [1.29, 1.82) is 0 Å². The lowest BCUT2D eigenvalue weighted by Gasteiger charge is -2.10. The highest BCUT2D eigenvalue weighted by Gasteiger charge is 2.21. The highest BCUT2D eigenvalue weighted by molar-refractivity contribution is 6.30. The SMILES string of the molecule is C1COCCN1.COc1ccc2c(c1)c(CC(=O)O)c(C)n2C(=O)c1ccc(Cl)cc1. The summed E-state index contributed by atoms with van der Waals surface area (Å²) in [7, 11) is 1.54. The number of nitrogens with zero attached hydrogens (tertiary/aromatic N) is 1. The van der Waals surface area contributed by atoms with Gasteiger partial charge in [0.15, 0.2) is 0 Å². The van der Waals surface area contributed by atoms with Gasteiger partial charge in [-0.3, -0.25) is 14.2 Å². The van der Waals surface area contributed by atoms with Crippen molar-refractivity contribution < 1.29 is 24.2 Å². The van der Waals surface area contributed by atoms with Crippen LogP contribution in [0.2, 0.25) is 5.02 Å². The molecule has 1 aromatic heterocycles. The van der Waals surface area contributed by atoms with Gasteiger partial charge < -0.3 is 19.9 Å². The number of fused-ring (bicyclic) bond motifs is 1. The van der Waals surface area contributed by atoms with Crippen LogP contribution in [0.4, 0.5) is 0 Å². The summed E-state index contributed by atoms with van der Waals surface area (Å²) in [6.07, 6.45) is -0.170. The molecule has 0 atom stereocenters. The number of aromatic nitrogens is 1. The first kappa shape index (κ1) is 22.8. The number of rotatable bonds is 4. The fourth-order valence-corrected chi connectivity index (χ4v) is 3.59. The van der Waals surface area contributed by atoms with Crippen molar-refractivity contribution in [2.45, 2.75) is 13.3 Å². The van der Waals surface area contributed by atoms with Crippen LogP contribution >= 0.6 is 11.6 Å². The van der Waals surface area contributed by atoms with Gasteiger partial charge in [0, 0.05) is 34.8 Å². The molecule has 31 heavy (non-hydrogen) atoms. The highest BCUT2D eigenvalue weighted by atomic mass is 35.5. The molecule has 164 valence electrons. The van der Waals surface area contributed by atoms with Gasteiger partial charge in [0.25, 0.3) is 5.91 Å². The lowest BCUT2D eigenvalue weighted by atomic mass is 10.1. The summed E-state index contributed by atoms with van der Waals surface area (Å²) in [5.41, 5.74) is 2.32. The molecule has 0 aliphatic carbocycles. The molecule has 1 saturated heterocycles. The van der Waals surface area contributed by atoms with Crippen molar-refractivity contribution in [1.82, 2.24) is 9.88 Å². The van der Waals surface area contributed by atoms with Crippen molar-refractivity contribution in [2.75, 3.05) is 33.4 Å². The van der Waals surface area contributed by atoms with Crippen LogP contribution in [0.15, 0.2) is 42.5 Å². The van der Waals surface area contributed by atoms with Crippen LogP contribution < -0.4 is 10.1 Å². The summed E-state index contributed by atoms with van der Waals surface area (Å²) in [6, 6.07) is 11.9. The number of morpholine rings is 1. The molecule has 0 radical (unpaired) electrons. The Morgan fingerprint density at radius 2 is 1.84 bits per heavy atom. The lowest BCUT2D eigenvalue weighted by Crippen LogP contribution is -2.30. The number of nitrogens with one attached hydrogen (secondary N) is 1. The zero-order valence-corrected chi connectivity index (χ0v) is 18.2. The second kappa shape index (κ2) is 10.4. The molecule has 1 aliphatic rings. The van der Waals surface area contributed by atoms with Gasteiger partial charge in [-0.05, 0) is 55.0 Å². The summed E-state index contributed by atoms with van der Waals surface area (Å²) < 4.78 is 11.8. The molecular formula is C23H25ClN2O5. The molecule has 2 N–H and O–H groups in total. The summed E-state index contributed by atoms with van der Waals surface area (Å²) in [5, 5.41) is 13.6. The number of carbonyl (C=O) groups is 2. The molecule has 2 heterocycles. The van der Waals surface area contributed by atoms with Gasteiger partial charge in [-0.2, -0.15) is 0 Å². The number of ether oxygens (including phenoxy) is 2. The standard InChI is InChI=1S/C19H16ClNO4.C4H9NO/c1-11-15(10-18(22)23)16-9-14(25-2)7-8-17(16)21(11)19(24)12-3-5-13(20)6-4-12;1-3-6-4-2-5-1/h3-9H,10H2,1-2H3,(H,22,23);5H,1-4H2. The van der Waals surface area contributed by atoms with Crippen LogP contribution in [-0.4, -0.2) is 55.0 Å². The van der Waals surface area contributed by atoms with Gasteiger partial charge in [0.1, 0.15) is 5.75 Å². The maximum atomic E-state index is 13.0. The number of hydrogen-bond donors (Lipinski definition) is 2. The number of carboxylic acids is 1. The molecule has 2 aromatic carbocycles. The van der Waals surface area contributed by atoms with Gasteiger partial charge in [-0.25, -0.2) is 0 Å². The van der Waals surface area contributed by atoms with Crippen molar-refractivity contribution >= 4 is 34.4 Å². The Bertz CT molecular complexity index is 1060. The molecule has 0 bridgehead atoms. The molecule has 0 spiro atoms. The normalized spacial score (nSPS) is 13.4. The third-order valence-corrected chi connectivity index (χ3v) is 5.26. The maximum Gasteiger partial charge on any atom is 0.307 e. The predicted octanol–water partition coefficient (Wildman–Crippen LogP) is 3.53. The number of carboxylic acid groups (broad SMARTS) is 1. The van der Waals surface area contributed by atoms with E-state index in [0.29, 0.717) is 38.5 Å². The van der Waals surface area contributed by atoms with E-state index in [1.54, 1.807) is 56.5 Å². The van der Waals surface area contributed by atoms with Crippen molar-refractivity contribution in [2.24, 2.45) is 0 Å². The molecule has 8 heteroatoms. The third-order valence-electron chi connectivity index (χ3n) is 5.01. The molecule has 0 saturated carbocycles. The summed E-state index contributed by atoms with van der Waals surface area (Å²) >= 11 is 5.89. The van der Waals surface area contributed by atoms with E-state index in [9.17, 15) is 14.7 Å². The molecule has 1 aliphatic heterocycles. The monoisotopic (exact) mass is 444 g/mol. The van der Waals surface area contributed by atoms with Crippen LogP contribution in [0, 0.1) is 6.92 Å². The quantitative estimate of drug-likeness (QED) is 0.639. The van der Waals surface area contributed by atoms with E-state index in [2.05, 4.69) is 5.32 Å². The Balaban J connectivity index is 0.000000391. The van der Waals surface area contributed by atoms with Crippen molar-refractivity contribution in [3.8, 4) is 5.75 Å². The molecule has 3 aromatic rings. The second-order valence-corrected chi connectivity index (χ2v) is 7.46. The van der Waals surface area contributed by atoms with Crippen LogP contribution in [0.25, 0.3) is 10.9 Å². The zero-order valence-electron chi connectivity index (χ0n) is 17.5. The molecule has 0 unspecified atom stereocenters. The van der Waals surface area contributed by atoms with Crippen LogP contribution in [-0.2, 0) is 16.0 Å². The van der Waals surface area contributed by atoms with Crippen LogP contribution in [0.3, 0.4) is 0 Å². The number of aliphatic carboxylic acids is 1. The maximum absolute atomic E-state index is 13.0. The molecule has 4 rings (SSSR count). The Kier molecular flexibility index (Phi) is 7.68. The minimum absolute atomic E-state index is 0.170. The van der Waals surface area contributed by atoms with E-state index in [1.807, 2.05) is 0 Å². The highest BCUT2D eigenvalue weighted by Crippen LogP contribution is 2.30. The number of carbonyl (C=O) groups excluding carboxylic acids is 1. The lowest BCUT2D eigenvalue weighted by molar-refractivity contribution is -0.136. The summed E-state index contributed by atoms with van der Waals surface area (Å²) in [4.78, 5) is 24.3. The number of benzene rings is 2. The summed E-state index contributed by atoms with van der Waals surface area (Å²) in [5.74, 6) is -0.583. The first-order valence-electron chi connectivity index (χ1n) is 9.90. The van der Waals surface area contributed by atoms with Gasteiger partial charge in [0.05, 0.1) is 32.3 Å². The van der Waals surface area contributed by atoms with Gasteiger partial charge >= 0.3 is 5.97 Å². The minimum Gasteiger partial charge on any atom is -0.497 e. The van der Waals surface area contributed by atoms with E-state index in [1.165, 1.54) is 4.57 Å². The third kappa shape index (κ3) is 5.44. The second-order valence-electron chi connectivity index (χ2n) is 7.03. The fraction of sp³-hybridized carbons (Fsp3) is 0.304. The van der Waals surface area contributed by atoms with Crippen LogP contribution in [0.5, 0.6) is 5.75 Å². The van der Waals surface area contributed by atoms with Crippen molar-refractivity contribution in [3.05, 3.63) is 64.3 Å². The molecule has 0 amide bonds. The van der Waals surface area contributed by atoms with Gasteiger partial charge in [-0.15, -0.1) is 0 Å².